The molecule has 3 amide bonds. The van der Waals surface area contributed by atoms with Gasteiger partial charge in [0.25, 0.3) is 0 Å². The van der Waals surface area contributed by atoms with E-state index in [1.807, 2.05) is 5.38 Å². The summed E-state index contributed by atoms with van der Waals surface area (Å²) in [6, 6.07) is 6.04. The number of anilines is 1. The normalized spacial score (nSPS) is 14.1. The van der Waals surface area contributed by atoms with Crippen LogP contribution in [-0.2, 0) is 22.6 Å². The van der Waals surface area contributed by atoms with Gasteiger partial charge in [0, 0.05) is 18.0 Å². The van der Waals surface area contributed by atoms with Crippen molar-refractivity contribution in [1.82, 2.24) is 20.9 Å². The van der Waals surface area contributed by atoms with Gasteiger partial charge in [0.2, 0.25) is 5.91 Å². The lowest BCUT2D eigenvalue weighted by Crippen LogP contribution is -2.44. The zero-order valence-electron chi connectivity index (χ0n) is 18.7. The van der Waals surface area contributed by atoms with Crippen LogP contribution in [0.5, 0.6) is 0 Å². The third-order valence-electron chi connectivity index (χ3n) is 5.29. The Balaban J connectivity index is 1.20. The molecule has 0 atom stereocenters. The van der Waals surface area contributed by atoms with E-state index in [4.69, 9.17) is 4.74 Å². The quantitative estimate of drug-likeness (QED) is 0.352. The Morgan fingerprint density at radius 1 is 1.15 bits per heavy atom. The lowest BCUT2D eigenvalue weighted by Gasteiger charge is -2.23. The molecule has 3 rings (SSSR count). The van der Waals surface area contributed by atoms with Gasteiger partial charge in [0.05, 0.1) is 12.3 Å². The fourth-order valence-corrected chi connectivity index (χ4v) is 4.23. The van der Waals surface area contributed by atoms with Crippen molar-refractivity contribution in [3.63, 3.8) is 0 Å². The molecule has 2 aromatic rings. The highest BCUT2D eigenvalue weighted by molar-refractivity contribution is 7.13. The number of carbonyl (C=O) groups is 2. The smallest absolute Gasteiger partial charge is 0.321 e. The second kappa shape index (κ2) is 13.9. The maximum atomic E-state index is 12.9. The molecule has 0 bridgehead atoms. The maximum Gasteiger partial charge on any atom is 0.321 e. The molecule has 0 spiro atoms. The topological polar surface area (TPSA) is 104 Å². The minimum atomic E-state index is -0.293. The summed E-state index contributed by atoms with van der Waals surface area (Å²) in [7, 11) is 0. The number of hydrogen-bond donors (Lipinski definition) is 4. The molecule has 1 aliphatic heterocycles. The second-order valence-electron chi connectivity index (χ2n) is 8.05. The van der Waals surface area contributed by atoms with Crippen LogP contribution in [0.4, 0.5) is 14.3 Å². The van der Waals surface area contributed by atoms with E-state index >= 15 is 0 Å². The number of nitrogens with zero attached hydrogens (tertiary/aromatic N) is 1. The van der Waals surface area contributed by atoms with Crippen molar-refractivity contribution in [3.05, 3.63) is 46.7 Å². The molecule has 1 fully saturated rings. The molecule has 1 aliphatic rings. The van der Waals surface area contributed by atoms with E-state index in [0.717, 1.165) is 62.9 Å². The van der Waals surface area contributed by atoms with Crippen molar-refractivity contribution in [2.45, 2.75) is 51.2 Å². The summed E-state index contributed by atoms with van der Waals surface area (Å²) in [5, 5.41) is 14.5. The average molecular weight is 478 g/mol. The van der Waals surface area contributed by atoms with E-state index in [1.54, 1.807) is 12.1 Å². The van der Waals surface area contributed by atoms with Crippen molar-refractivity contribution in [3.8, 4) is 0 Å². The number of aryl methyl sites for hydroxylation is 1. The summed E-state index contributed by atoms with van der Waals surface area (Å²) in [4.78, 5) is 28.4. The number of aromatic nitrogens is 1. The van der Waals surface area contributed by atoms with Gasteiger partial charge in [0.1, 0.15) is 12.4 Å². The van der Waals surface area contributed by atoms with Crippen molar-refractivity contribution >= 4 is 28.4 Å². The van der Waals surface area contributed by atoms with Gasteiger partial charge in [-0.05, 0) is 62.9 Å². The van der Waals surface area contributed by atoms with E-state index in [2.05, 4.69) is 26.3 Å². The minimum absolute atomic E-state index is 0.0167. The molecule has 180 valence electrons. The van der Waals surface area contributed by atoms with Crippen LogP contribution in [0.25, 0.3) is 0 Å². The van der Waals surface area contributed by atoms with Crippen LogP contribution >= 0.6 is 11.3 Å². The number of carbonyl (C=O) groups excluding carboxylic acids is 2. The van der Waals surface area contributed by atoms with Gasteiger partial charge in [-0.1, -0.05) is 18.6 Å². The van der Waals surface area contributed by atoms with Gasteiger partial charge in [-0.2, -0.15) is 0 Å². The Bertz CT molecular complexity index is 871. The number of hydrogen-bond acceptors (Lipinski definition) is 6. The predicted molar refractivity (Wildman–Crippen MR) is 127 cm³/mol. The molecule has 8 nitrogen and oxygen atoms in total. The average Bonchev–Trinajstić information content (AvgIpc) is 3.25. The number of urea groups is 1. The SMILES string of the molecule is O=C(COCc1ccc(F)cc1)NCCCCCc1csc(NC(=O)NC2CCNCC2)n1. The zero-order valence-corrected chi connectivity index (χ0v) is 19.5. The number of benzene rings is 1. The van der Waals surface area contributed by atoms with Gasteiger partial charge in [0.15, 0.2) is 5.13 Å². The van der Waals surface area contributed by atoms with Crippen LogP contribution in [0, 0.1) is 5.82 Å². The first-order valence-corrected chi connectivity index (χ1v) is 12.3. The fraction of sp³-hybridized carbons (Fsp3) is 0.522. The maximum absolute atomic E-state index is 12.9. The summed E-state index contributed by atoms with van der Waals surface area (Å²) in [6.45, 7) is 2.72. The van der Waals surface area contributed by atoms with Gasteiger partial charge >= 0.3 is 6.03 Å². The Labute approximate surface area is 197 Å². The molecule has 4 N–H and O–H groups in total. The molecular formula is C23H32FN5O3S. The summed E-state index contributed by atoms with van der Waals surface area (Å²) >= 11 is 1.43. The van der Waals surface area contributed by atoms with Crippen LogP contribution < -0.4 is 21.3 Å². The number of halogens is 1. The van der Waals surface area contributed by atoms with Crippen LogP contribution in [0.15, 0.2) is 29.6 Å². The van der Waals surface area contributed by atoms with Crippen LogP contribution in [0.2, 0.25) is 0 Å². The monoisotopic (exact) mass is 477 g/mol. The molecule has 2 heterocycles. The molecule has 0 unspecified atom stereocenters. The highest BCUT2D eigenvalue weighted by Gasteiger charge is 2.16. The lowest BCUT2D eigenvalue weighted by atomic mass is 10.1. The molecule has 0 radical (unpaired) electrons. The van der Waals surface area contributed by atoms with Gasteiger partial charge in [-0.3, -0.25) is 10.1 Å². The van der Waals surface area contributed by atoms with Gasteiger partial charge in [-0.25, -0.2) is 14.2 Å². The fourth-order valence-electron chi connectivity index (χ4n) is 3.49. The van der Waals surface area contributed by atoms with E-state index in [1.165, 1.54) is 23.5 Å². The number of amides is 3. The Morgan fingerprint density at radius 2 is 1.94 bits per heavy atom. The first kappa shape index (κ1) is 25.1. The van der Waals surface area contributed by atoms with Crippen molar-refractivity contribution in [2.24, 2.45) is 0 Å². The predicted octanol–water partition coefficient (Wildman–Crippen LogP) is 3.20. The van der Waals surface area contributed by atoms with E-state index < -0.39 is 0 Å². The molecule has 0 saturated carbocycles. The van der Waals surface area contributed by atoms with E-state index in [9.17, 15) is 14.0 Å². The lowest BCUT2D eigenvalue weighted by molar-refractivity contribution is -0.126. The van der Waals surface area contributed by atoms with Gasteiger partial charge in [-0.15, -0.1) is 11.3 Å². The first-order chi connectivity index (χ1) is 16.1. The molecular weight excluding hydrogens is 445 g/mol. The Kier molecular flexibility index (Phi) is 10.5. The van der Waals surface area contributed by atoms with Crippen molar-refractivity contribution in [2.75, 3.05) is 31.6 Å². The minimum Gasteiger partial charge on any atom is -0.367 e. The number of piperidine rings is 1. The molecule has 1 aromatic carbocycles. The molecule has 33 heavy (non-hydrogen) atoms. The van der Waals surface area contributed by atoms with E-state index in [0.29, 0.717) is 11.7 Å². The van der Waals surface area contributed by atoms with Crippen LogP contribution in [-0.4, -0.2) is 49.2 Å². The standard InChI is InChI=1S/C23H32FN5O3S/c24-18-7-5-17(6-8-18)14-32-15-21(30)26-11-3-1-2-4-20-16-33-23(28-20)29-22(31)27-19-9-12-25-13-10-19/h5-8,16,19,25H,1-4,9-15H2,(H,26,30)(H2,27,28,29,31). The number of rotatable bonds is 12. The molecule has 1 aromatic heterocycles. The van der Waals surface area contributed by atoms with Crippen molar-refractivity contribution in [1.29, 1.82) is 0 Å². The Hall–Kier alpha value is -2.56. The molecule has 1 saturated heterocycles. The largest absolute Gasteiger partial charge is 0.367 e. The highest BCUT2D eigenvalue weighted by Crippen LogP contribution is 2.17. The number of ether oxygens (including phenoxy) is 1. The summed E-state index contributed by atoms with van der Waals surface area (Å²) in [6.07, 6.45) is 5.52. The van der Waals surface area contributed by atoms with Gasteiger partial charge < -0.3 is 20.7 Å². The van der Waals surface area contributed by atoms with Crippen LogP contribution in [0.3, 0.4) is 0 Å². The summed E-state index contributed by atoms with van der Waals surface area (Å²) < 4.78 is 18.2. The second-order valence-corrected chi connectivity index (χ2v) is 8.90. The van der Waals surface area contributed by atoms with Crippen LogP contribution in [0.1, 0.15) is 43.4 Å². The molecule has 0 aliphatic carbocycles. The third kappa shape index (κ3) is 9.85. The highest BCUT2D eigenvalue weighted by atomic mass is 32.1. The number of unbranched alkanes of at least 4 members (excludes halogenated alkanes) is 2. The first-order valence-electron chi connectivity index (χ1n) is 11.4. The van der Waals surface area contributed by atoms with E-state index in [-0.39, 0.29) is 37.0 Å². The summed E-state index contributed by atoms with van der Waals surface area (Å²) in [5.41, 5.74) is 1.79. The van der Waals surface area contributed by atoms with Crippen molar-refractivity contribution < 1.29 is 18.7 Å². The third-order valence-corrected chi connectivity index (χ3v) is 6.10. The number of nitrogens with one attached hydrogen (secondary N) is 4. The molecule has 10 heteroatoms. The zero-order chi connectivity index (χ0) is 23.3. The Morgan fingerprint density at radius 3 is 2.73 bits per heavy atom. The summed E-state index contributed by atoms with van der Waals surface area (Å²) in [5.74, 6) is -0.450. The number of thiazole rings is 1.